The van der Waals surface area contributed by atoms with Crippen molar-refractivity contribution in [3.05, 3.63) is 77.9 Å². The average molecular weight is 354 g/mol. The Morgan fingerprint density at radius 2 is 1.72 bits per heavy atom. The average Bonchev–Trinajstić information content (AvgIpc) is 2.66. The second-order valence-corrected chi connectivity index (χ2v) is 7.26. The molecule has 0 bridgehead atoms. The third-order valence-corrected chi connectivity index (χ3v) is 4.99. The molecule has 130 valence electrons. The Morgan fingerprint density at radius 1 is 1.08 bits per heavy atom. The number of aldehydes is 1. The van der Waals surface area contributed by atoms with Gasteiger partial charge < -0.3 is 9.53 Å². The second-order valence-electron chi connectivity index (χ2n) is 5.72. The Hall–Kier alpha value is -2.33. The van der Waals surface area contributed by atoms with E-state index in [0.717, 1.165) is 17.4 Å². The Balaban J connectivity index is 2.08. The molecule has 1 atom stereocenters. The zero-order valence-electron chi connectivity index (χ0n) is 14.3. The van der Waals surface area contributed by atoms with E-state index in [1.165, 1.54) is 11.8 Å². The molecule has 3 nitrogen and oxygen atoms in total. The second kappa shape index (κ2) is 9.84. The van der Waals surface area contributed by atoms with Gasteiger partial charge >= 0.3 is 5.97 Å². The maximum Gasteiger partial charge on any atom is 0.326 e. The van der Waals surface area contributed by atoms with Gasteiger partial charge in [-0.15, -0.1) is 11.8 Å². The fraction of sp³-hybridized carbons (Fsp3) is 0.238. The van der Waals surface area contributed by atoms with Crippen molar-refractivity contribution in [2.24, 2.45) is 0 Å². The van der Waals surface area contributed by atoms with E-state index in [1.54, 1.807) is 0 Å². The Kier molecular flexibility index (Phi) is 7.48. The minimum Gasteiger partial charge on any atom is -0.460 e. The van der Waals surface area contributed by atoms with Crippen molar-refractivity contribution in [2.45, 2.75) is 24.7 Å². The van der Waals surface area contributed by atoms with E-state index in [9.17, 15) is 9.59 Å². The summed E-state index contributed by atoms with van der Waals surface area (Å²) in [5, 5.41) is 0. The van der Waals surface area contributed by atoms with Gasteiger partial charge in [0.15, 0.2) is 0 Å². The number of thioether (sulfide) groups is 1. The number of hydrogen-bond donors (Lipinski definition) is 0. The lowest BCUT2D eigenvalue weighted by molar-refractivity contribution is -0.146. The summed E-state index contributed by atoms with van der Waals surface area (Å²) in [4.78, 5) is 23.3. The van der Waals surface area contributed by atoms with Crippen LogP contribution >= 0.6 is 11.8 Å². The SMILES string of the molecule is C[C@](C=Cc1ccccc1)(SCCC=O)C(=O)OCc1ccccc1. The smallest absolute Gasteiger partial charge is 0.326 e. The lowest BCUT2D eigenvalue weighted by atomic mass is 10.1. The molecule has 0 aromatic heterocycles. The molecule has 0 fully saturated rings. The van der Waals surface area contributed by atoms with Gasteiger partial charge in [0.05, 0.1) is 0 Å². The largest absolute Gasteiger partial charge is 0.460 e. The highest BCUT2D eigenvalue weighted by Crippen LogP contribution is 2.30. The number of benzene rings is 2. The van der Waals surface area contributed by atoms with E-state index in [0.29, 0.717) is 12.2 Å². The molecular weight excluding hydrogens is 332 g/mol. The molecule has 0 saturated carbocycles. The van der Waals surface area contributed by atoms with Gasteiger partial charge in [0.2, 0.25) is 0 Å². The summed E-state index contributed by atoms with van der Waals surface area (Å²) in [6.45, 7) is 2.07. The van der Waals surface area contributed by atoms with Crippen molar-refractivity contribution in [1.29, 1.82) is 0 Å². The maximum absolute atomic E-state index is 12.7. The number of esters is 1. The number of carbonyl (C=O) groups excluding carboxylic acids is 2. The molecule has 0 amide bonds. The first-order chi connectivity index (χ1) is 12.1. The first-order valence-corrected chi connectivity index (χ1v) is 9.15. The summed E-state index contributed by atoms with van der Waals surface area (Å²) in [6.07, 6.45) is 5.04. The summed E-state index contributed by atoms with van der Waals surface area (Å²) in [6, 6.07) is 19.4. The first kappa shape index (κ1) is 19.0. The van der Waals surface area contributed by atoms with Gasteiger partial charge in [0.25, 0.3) is 0 Å². The number of carbonyl (C=O) groups is 2. The molecule has 0 spiro atoms. The molecule has 0 saturated heterocycles. The maximum atomic E-state index is 12.7. The molecule has 0 unspecified atom stereocenters. The Labute approximate surface area is 153 Å². The van der Waals surface area contributed by atoms with Crippen LogP contribution in [0.15, 0.2) is 66.7 Å². The van der Waals surface area contributed by atoms with Gasteiger partial charge in [-0.3, -0.25) is 4.79 Å². The molecular formula is C21H22O3S. The van der Waals surface area contributed by atoms with Crippen LogP contribution in [-0.2, 0) is 20.9 Å². The topological polar surface area (TPSA) is 43.4 Å². The van der Waals surface area contributed by atoms with Crippen molar-refractivity contribution in [3.63, 3.8) is 0 Å². The predicted octanol–water partition coefficient (Wildman–Crippen LogP) is 4.52. The van der Waals surface area contributed by atoms with Gasteiger partial charge in [-0.2, -0.15) is 0 Å². The fourth-order valence-electron chi connectivity index (χ4n) is 2.18. The van der Waals surface area contributed by atoms with Crippen molar-refractivity contribution >= 4 is 30.1 Å². The third kappa shape index (κ3) is 6.24. The molecule has 0 heterocycles. The fourth-order valence-corrected chi connectivity index (χ4v) is 3.16. The molecule has 0 radical (unpaired) electrons. The quantitative estimate of drug-likeness (QED) is 0.377. The Bertz CT molecular complexity index is 698. The molecule has 2 aromatic rings. The normalized spacial score (nSPS) is 13.3. The van der Waals surface area contributed by atoms with Crippen molar-refractivity contribution in [1.82, 2.24) is 0 Å². The lowest BCUT2D eigenvalue weighted by Gasteiger charge is -2.23. The highest BCUT2D eigenvalue weighted by molar-refractivity contribution is 8.01. The Morgan fingerprint density at radius 3 is 2.36 bits per heavy atom. The minimum atomic E-state index is -0.840. The van der Waals surface area contributed by atoms with E-state index in [-0.39, 0.29) is 12.6 Å². The molecule has 0 aliphatic carbocycles. The molecule has 2 rings (SSSR count). The summed E-state index contributed by atoms with van der Waals surface area (Å²) in [5.41, 5.74) is 1.96. The van der Waals surface area contributed by atoms with Crippen LogP contribution in [0.25, 0.3) is 6.08 Å². The van der Waals surface area contributed by atoms with Crippen LogP contribution in [0.5, 0.6) is 0 Å². The van der Waals surface area contributed by atoms with E-state index in [4.69, 9.17) is 4.74 Å². The van der Waals surface area contributed by atoms with E-state index < -0.39 is 4.75 Å². The van der Waals surface area contributed by atoms with Crippen LogP contribution in [0, 0.1) is 0 Å². The monoisotopic (exact) mass is 354 g/mol. The van der Waals surface area contributed by atoms with Gasteiger partial charge in [0, 0.05) is 12.2 Å². The van der Waals surface area contributed by atoms with Gasteiger partial charge in [-0.1, -0.05) is 72.8 Å². The molecule has 0 aliphatic rings. The number of rotatable bonds is 9. The highest BCUT2D eigenvalue weighted by Gasteiger charge is 2.32. The molecule has 0 aliphatic heterocycles. The lowest BCUT2D eigenvalue weighted by Crippen LogP contribution is -2.32. The first-order valence-electron chi connectivity index (χ1n) is 8.17. The van der Waals surface area contributed by atoms with Crippen molar-refractivity contribution in [2.75, 3.05) is 5.75 Å². The van der Waals surface area contributed by atoms with Crippen molar-refractivity contribution in [3.8, 4) is 0 Å². The highest BCUT2D eigenvalue weighted by atomic mass is 32.2. The summed E-state index contributed by atoms with van der Waals surface area (Å²) < 4.78 is 4.67. The molecule has 25 heavy (non-hydrogen) atoms. The molecule has 4 heteroatoms. The molecule has 2 aromatic carbocycles. The van der Waals surface area contributed by atoms with Crippen LogP contribution in [0.2, 0.25) is 0 Å². The zero-order chi connectivity index (χ0) is 18.0. The standard InChI is InChI=1S/C21H22O3S/c1-21(25-16-8-15-22,14-13-18-9-4-2-5-10-18)20(23)24-17-19-11-6-3-7-12-19/h2-7,9-15H,8,16-17H2,1H3/t21-/m1/s1. The molecule has 0 N–H and O–H groups in total. The summed E-state index contributed by atoms with van der Waals surface area (Å²) in [7, 11) is 0. The van der Waals surface area contributed by atoms with Crippen molar-refractivity contribution < 1.29 is 14.3 Å². The van der Waals surface area contributed by atoms with Crippen LogP contribution < -0.4 is 0 Å². The zero-order valence-corrected chi connectivity index (χ0v) is 15.1. The van der Waals surface area contributed by atoms with E-state index in [2.05, 4.69) is 0 Å². The summed E-state index contributed by atoms with van der Waals surface area (Å²) in [5.74, 6) is 0.263. The predicted molar refractivity (Wildman–Crippen MR) is 103 cm³/mol. The van der Waals surface area contributed by atoms with Gasteiger partial charge in [-0.25, -0.2) is 0 Å². The van der Waals surface area contributed by atoms with Crippen LogP contribution in [0.1, 0.15) is 24.5 Å². The summed E-state index contributed by atoms with van der Waals surface area (Å²) >= 11 is 1.42. The number of ether oxygens (including phenoxy) is 1. The number of hydrogen-bond acceptors (Lipinski definition) is 4. The minimum absolute atomic E-state index is 0.239. The van der Waals surface area contributed by atoms with Crippen LogP contribution in [0.4, 0.5) is 0 Å². The van der Waals surface area contributed by atoms with Crippen LogP contribution in [-0.4, -0.2) is 22.8 Å². The van der Waals surface area contributed by atoms with E-state index >= 15 is 0 Å². The third-order valence-electron chi connectivity index (χ3n) is 3.65. The van der Waals surface area contributed by atoms with Crippen LogP contribution in [0.3, 0.4) is 0 Å². The van der Waals surface area contributed by atoms with Gasteiger partial charge in [0.1, 0.15) is 17.6 Å². The van der Waals surface area contributed by atoms with Gasteiger partial charge in [-0.05, 0) is 18.1 Å². The van der Waals surface area contributed by atoms with E-state index in [1.807, 2.05) is 79.7 Å².